The molecular weight excluding hydrogens is 248 g/mol. The Morgan fingerprint density at radius 3 is 2.65 bits per heavy atom. The summed E-state index contributed by atoms with van der Waals surface area (Å²) in [5, 5.41) is 0. The molecule has 1 aromatic carbocycles. The number of hydrogen-bond acceptors (Lipinski definition) is 3. The lowest BCUT2D eigenvalue weighted by Gasteiger charge is -2.43. The Balaban J connectivity index is 2.26. The lowest BCUT2D eigenvalue weighted by molar-refractivity contribution is 0.0648. The van der Waals surface area contributed by atoms with Crippen molar-refractivity contribution in [1.82, 2.24) is 4.90 Å². The molecule has 1 aliphatic rings. The van der Waals surface area contributed by atoms with E-state index in [0.717, 1.165) is 31.9 Å². The minimum Gasteiger partial charge on any atom is -0.492 e. The van der Waals surface area contributed by atoms with Gasteiger partial charge in [-0.2, -0.15) is 0 Å². The number of ether oxygens (including phenoxy) is 1. The van der Waals surface area contributed by atoms with Crippen LogP contribution in [0, 0.1) is 5.41 Å². The minimum atomic E-state index is 0.161. The molecule has 0 radical (unpaired) electrons. The predicted molar refractivity (Wildman–Crippen MR) is 83.9 cm³/mol. The molecule has 2 N–H and O–H groups in total. The molecule has 0 amide bonds. The fraction of sp³-hybridized carbons (Fsp3) is 0.647. The van der Waals surface area contributed by atoms with Gasteiger partial charge in [0.2, 0.25) is 0 Å². The van der Waals surface area contributed by atoms with Crippen LogP contribution in [0.1, 0.15) is 39.7 Å². The van der Waals surface area contributed by atoms with Gasteiger partial charge in [0.05, 0.1) is 0 Å². The second kappa shape index (κ2) is 6.15. The summed E-state index contributed by atoms with van der Waals surface area (Å²) in [5.41, 5.74) is 7.85. The number of hydrogen-bond donors (Lipinski definition) is 1. The third kappa shape index (κ3) is 3.33. The van der Waals surface area contributed by atoms with E-state index in [0.29, 0.717) is 6.04 Å². The molecule has 0 bridgehead atoms. The molecule has 2 unspecified atom stereocenters. The van der Waals surface area contributed by atoms with Gasteiger partial charge in [-0.1, -0.05) is 45.9 Å². The SMILES string of the molecule is CCC(N)C(N1CCOc2ccccc2C1)C(C)(C)C. The van der Waals surface area contributed by atoms with Gasteiger partial charge < -0.3 is 10.5 Å². The quantitative estimate of drug-likeness (QED) is 0.922. The van der Waals surface area contributed by atoms with Gasteiger partial charge >= 0.3 is 0 Å². The zero-order valence-corrected chi connectivity index (χ0v) is 13.2. The van der Waals surface area contributed by atoms with Crippen LogP contribution in [-0.2, 0) is 6.54 Å². The molecule has 2 atom stereocenters. The predicted octanol–water partition coefficient (Wildman–Crippen LogP) is 3.03. The molecule has 1 aromatic rings. The van der Waals surface area contributed by atoms with E-state index in [4.69, 9.17) is 10.5 Å². The molecule has 3 nitrogen and oxygen atoms in total. The minimum absolute atomic E-state index is 0.161. The lowest BCUT2D eigenvalue weighted by Crippen LogP contribution is -2.54. The average Bonchev–Trinajstić information content (AvgIpc) is 2.59. The summed E-state index contributed by atoms with van der Waals surface area (Å²) in [6, 6.07) is 8.89. The molecule has 0 saturated heterocycles. The summed E-state index contributed by atoms with van der Waals surface area (Å²) in [7, 11) is 0. The van der Waals surface area contributed by atoms with Gasteiger partial charge in [-0.05, 0) is 17.9 Å². The molecule has 3 heteroatoms. The first-order chi connectivity index (χ1) is 9.43. The van der Waals surface area contributed by atoms with Crippen LogP contribution in [0.25, 0.3) is 0 Å². The van der Waals surface area contributed by atoms with Crippen molar-refractivity contribution in [3.05, 3.63) is 29.8 Å². The first-order valence-corrected chi connectivity index (χ1v) is 7.64. The van der Waals surface area contributed by atoms with Crippen LogP contribution in [0.3, 0.4) is 0 Å². The van der Waals surface area contributed by atoms with E-state index < -0.39 is 0 Å². The van der Waals surface area contributed by atoms with E-state index in [9.17, 15) is 0 Å². The highest BCUT2D eigenvalue weighted by atomic mass is 16.5. The Morgan fingerprint density at radius 2 is 2.00 bits per heavy atom. The van der Waals surface area contributed by atoms with Gasteiger partial charge in [0.25, 0.3) is 0 Å². The van der Waals surface area contributed by atoms with Crippen molar-refractivity contribution < 1.29 is 4.74 Å². The summed E-state index contributed by atoms with van der Waals surface area (Å²) in [6.07, 6.45) is 1.00. The summed E-state index contributed by atoms with van der Waals surface area (Å²) in [6.45, 7) is 11.6. The van der Waals surface area contributed by atoms with Gasteiger partial charge in [-0.15, -0.1) is 0 Å². The van der Waals surface area contributed by atoms with E-state index in [1.807, 2.05) is 6.07 Å². The standard InChI is InChI=1S/C17H28N2O/c1-5-14(18)16(17(2,3)4)19-10-11-20-15-9-7-6-8-13(15)12-19/h6-9,14,16H,5,10-12,18H2,1-4H3. The van der Waals surface area contributed by atoms with E-state index in [-0.39, 0.29) is 11.5 Å². The zero-order valence-electron chi connectivity index (χ0n) is 13.2. The first kappa shape index (κ1) is 15.3. The van der Waals surface area contributed by atoms with Crippen LogP contribution in [-0.4, -0.2) is 30.1 Å². The summed E-state index contributed by atoms with van der Waals surface area (Å²) in [4.78, 5) is 2.50. The van der Waals surface area contributed by atoms with Crippen LogP contribution in [0.15, 0.2) is 24.3 Å². The lowest BCUT2D eigenvalue weighted by atomic mass is 9.80. The average molecular weight is 276 g/mol. The Bertz CT molecular complexity index is 439. The molecule has 0 spiro atoms. The Hall–Kier alpha value is -1.06. The first-order valence-electron chi connectivity index (χ1n) is 7.64. The highest BCUT2D eigenvalue weighted by Gasteiger charge is 2.35. The fourth-order valence-corrected chi connectivity index (χ4v) is 3.27. The van der Waals surface area contributed by atoms with Gasteiger partial charge in [-0.25, -0.2) is 0 Å². The van der Waals surface area contributed by atoms with Crippen LogP contribution >= 0.6 is 0 Å². The van der Waals surface area contributed by atoms with Crippen molar-refractivity contribution in [3.8, 4) is 5.75 Å². The highest BCUT2D eigenvalue weighted by Crippen LogP contribution is 2.31. The van der Waals surface area contributed by atoms with Gasteiger partial charge in [0, 0.05) is 30.7 Å². The summed E-state index contributed by atoms with van der Waals surface area (Å²) in [5.74, 6) is 1.02. The van der Waals surface area contributed by atoms with E-state index in [1.165, 1.54) is 5.56 Å². The second-order valence-electron chi connectivity index (χ2n) is 6.81. The number of para-hydroxylation sites is 1. The number of benzene rings is 1. The van der Waals surface area contributed by atoms with Crippen molar-refractivity contribution >= 4 is 0 Å². The van der Waals surface area contributed by atoms with E-state index in [2.05, 4.69) is 50.8 Å². The van der Waals surface area contributed by atoms with Crippen molar-refractivity contribution in [2.24, 2.45) is 11.1 Å². The third-order valence-electron chi connectivity index (χ3n) is 4.14. The molecule has 0 aliphatic carbocycles. The van der Waals surface area contributed by atoms with Crippen molar-refractivity contribution in [1.29, 1.82) is 0 Å². The largest absolute Gasteiger partial charge is 0.492 e. The van der Waals surface area contributed by atoms with Crippen LogP contribution in [0.5, 0.6) is 5.75 Å². The topological polar surface area (TPSA) is 38.5 Å². The summed E-state index contributed by atoms with van der Waals surface area (Å²) < 4.78 is 5.87. The molecular formula is C17H28N2O. The van der Waals surface area contributed by atoms with Gasteiger partial charge in [-0.3, -0.25) is 4.90 Å². The van der Waals surface area contributed by atoms with Crippen LogP contribution in [0.2, 0.25) is 0 Å². The van der Waals surface area contributed by atoms with E-state index >= 15 is 0 Å². The zero-order chi connectivity index (χ0) is 14.8. The van der Waals surface area contributed by atoms with Crippen molar-refractivity contribution in [3.63, 3.8) is 0 Å². The van der Waals surface area contributed by atoms with Crippen LogP contribution in [0.4, 0.5) is 0 Å². The normalized spacial score (nSPS) is 19.6. The second-order valence-corrected chi connectivity index (χ2v) is 6.81. The van der Waals surface area contributed by atoms with E-state index in [1.54, 1.807) is 0 Å². The maximum atomic E-state index is 6.42. The number of nitrogens with zero attached hydrogens (tertiary/aromatic N) is 1. The maximum Gasteiger partial charge on any atom is 0.123 e. The fourth-order valence-electron chi connectivity index (χ4n) is 3.27. The smallest absolute Gasteiger partial charge is 0.123 e. The van der Waals surface area contributed by atoms with Crippen LogP contribution < -0.4 is 10.5 Å². The third-order valence-corrected chi connectivity index (χ3v) is 4.14. The van der Waals surface area contributed by atoms with Gasteiger partial charge in [0.15, 0.2) is 0 Å². The molecule has 0 saturated carbocycles. The number of fused-ring (bicyclic) bond motifs is 1. The Morgan fingerprint density at radius 1 is 1.30 bits per heavy atom. The molecule has 1 heterocycles. The van der Waals surface area contributed by atoms with Crippen molar-refractivity contribution in [2.75, 3.05) is 13.2 Å². The summed E-state index contributed by atoms with van der Waals surface area (Å²) >= 11 is 0. The Kier molecular flexibility index (Phi) is 4.71. The van der Waals surface area contributed by atoms with Crippen molar-refractivity contribution in [2.45, 2.75) is 52.7 Å². The molecule has 0 aromatic heterocycles. The van der Waals surface area contributed by atoms with Gasteiger partial charge in [0.1, 0.15) is 12.4 Å². The molecule has 112 valence electrons. The molecule has 1 aliphatic heterocycles. The Labute approximate surface area is 123 Å². The monoisotopic (exact) mass is 276 g/mol. The number of rotatable bonds is 3. The maximum absolute atomic E-state index is 6.42. The highest BCUT2D eigenvalue weighted by molar-refractivity contribution is 5.34. The molecule has 20 heavy (non-hydrogen) atoms. The number of nitrogens with two attached hydrogens (primary N) is 1. The molecule has 0 fully saturated rings. The molecule has 2 rings (SSSR count).